The number of rotatable bonds is 5. The third-order valence-electron chi connectivity index (χ3n) is 4.75. The predicted molar refractivity (Wildman–Crippen MR) is 108 cm³/mol. The summed E-state index contributed by atoms with van der Waals surface area (Å²) in [5.74, 6) is -0.308. The summed E-state index contributed by atoms with van der Waals surface area (Å²) in [6, 6.07) is 12.3. The molecule has 0 radical (unpaired) electrons. The van der Waals surface area contributed by atoms with E-state index >= 15 is 0 Å². The number of benzene rings is 2. The molecule has 8 nitrogen and oxygen atoms in total. The van der Waals surface area contributed by atoms with Crippen molar-refractivity contribution >= 4 is 34.8 Å². The molecule has 1 aliphatic heterocycles. The van der Waals surface area contributed by atoms with Crippen molar-refractivity contribution in [1.82, 2.24) is 14.8 Å². The van der Waals surface area contributed by atoms with Crippen molar-refractivity contribution in [1.29, 1.82) is 0 Å². The van der Waals surface area contributed by atoms with Crippen LogP contribution in [0.25, 0.3) is 5.69 Å². The number of amides is 2. The van der Waals surface area contributed by atoms with E-state index in [9.17, 15) is 9.59 Å². The Labute approximate surface area is 172 Å². The summed E-state index contributed by atoms with van der Waals surface area (Å²) >= 11 is 6.11. The fraction of sp³-hybridized carbons (Fsp3) is 0.200. The average molecular weight is 412 g/mol. The first-order valence-electron chi connectivity index (χ1n) is 8.95. The second kappa shape index (κ2) is 7.92. The quantitative estimate of drug-likeness (QED) is 0.697. The Balaban J connectivity index is 1.55. The van der Waals surface area contributed by atoms with Crippen LogP contribution < -0.4 is 15.0 Å². The van der Waals surface area contributed by atoms with Crippen LogP contribution in [-0.2, 0) is 9.59 Å². The minimum atomic E-state index is -0.505. The van der Waals surface area contributed by atoms with Crippen LogP contribution in [0.4, 0.5) is 11.4 Å². The average Bonchev–Trinajstić information content (AvgIpc) is 3.38. The van der Waals surface area contributed by atoms with Gasteiger partial charge in [0, 0.05) is 18.0 Å². The SMILES string of the molecule is COc1ccccc1N1C[C@H](C(=O)Nc2cc(Cl)ccc2-n2cncn2)CC1=O. The number of hydrogen-bond donors (Lipinski definition) is 1. The van der Waals surface area contributed by atoms with E-state index in [1.807, 2.05) is 12.1 Å². The zero-order chi connectivity index (χ0) is 20.4. The molecule has 1 atom stereocenters. The second-order valence-corrected chi connectivity index (χ2v) is 7.00. The van der Waals surface area contributed by atoms with Crippen molar-refractivity contribution in [3.8, 4) is 11.4 Å². The molecule has 0 aliphatic carbocycles. The molecule has 1 N–H and O–H groups in total. The van der Waals surface area contributed by atoms with Gasteiger partial charge in [0.1, 0.15) is 18.4 Å². The van der Waals surface area contributed by atoms with Gasteiger partial charge in [0.25, 0.3) is 0 Å². The molecule has 2 aromatic carbocycles. The van der Waals surface area contributed by atoms with E-state index < -0.39 is 5.92 Å². The van der Waals surface area contributed by atoms with E-state index in [1.165, 1.54) is 17.3 Å². The summed E-state index contributed by atoms with van der Waals surface area (Å²) < 4.78 is 6.88. The number of halogens is 1. The van der Waals surface area contributed by atoms with Crippen molar-refractivity contribution < 1.29 is 14.3 Å². The maximum atomic E-state index is 12.9. The van der Waals surface area contributed by atoms with Gasteiger partial charge in [-0.2, -0.15) is 5.10 Å². The highest BCUT2D eigenvalue weighted by Gasteiger charge is 2.36. The van der Waals surface area contributed by atoms with E-state index in [4.69, 9.17) is 16.3 Å². The molecule has 4 rings (SSSR count). The van der Waals surface area contributed by atoms with Crippen LogP contribution in [0.3, 0.4) is 0 Å². The van der Waals surface area contributed by atoms with Crippen molar-refractivity contribution in [2.45, 2.75) is 6.42 Å². The lowest BCUT2D eigenvalue weighted by Crippen LogP contribution is -2.28. The Kier molecular flexibility index (Phi) is 5.18. The summed E-state index contributed by atoms with van der Waals surface area (Å²) in [4.78, 5) is 31.0. The molecular weight excluding hydrogens is 394 g/mol. The van der Waals surface area contributed by atoms with Crippen LogP contribution in [0.15, 0.2) is 55.1 Å². The van der Waals surface area contributed by atoms with Crippen LogP contribution in [0, 0.1) is 5.92 Å². The third kappa shape index (κ3) is 3.79. The molecule has 0 spiro atoms. The molecule has 1 aromatic heterocycles. The van der Waals surface area contributed by atoms with Gasteiger partial charge in [-0.15, -0.1) is 0 Å². The molecule has 0 bridgehead atoms. The fourth-order valence-corrected chi connectivity index (χ4v) is 3.52. The van der Waals surface area contributed by atoms with Crippen molar-refractivity contribution in [2.24, 2.45) is 5.92 Å². The number of carbonyl (C=O) groups is 2. The molecule has 0 saturated carbocycles. The third-order valence-corrected chi connectivity index (χ3v) is 4.99. The van der Waals surface area contributed by atoms with Crippen molar-refractivity contribution in [3.05, 3.63) is 60.1 Å². The summed E-state index contributed by atoms with van der Waals surface area (Å²) in [5, 5.41) is 7.45. The van der Waals surface area contributed by atoms with Gasteiger partial charge in [-0.3, -0.25) is 9.59 Å². The van der Waals surface area contributed by atoms with Gasteiger partial charge in [-0.1, -0.05) is 23.7 Å². The molecule has 148 valence electrons. The van der Waals surface area contributed by atoms with Gasteiger partial charge < -0.3 is 15.0 Å². The van der Waals surface area contributed by atoms with E-state index in [1.54, 1.807) is 42.3 Å². The Morgan fingerprint density at radius 3 is 2.83 bits per heavy atom. The smallest absolute Gasteiger partial charge is 0.229 e. The van der Waals surface area contributed by atoms with E-state index in [2.05, 4.69) is 15.4 Å². The van der Waals surface area contributed by atoms with E-state index in [0.29, 0.717) is 27.8 Å². The fourth-order valence-electron chi connectivity index (χ4n) is 3.34. The minimum Gasteiger partial charge on any atom is -0.495 e. The number of nitrogens with zero attached hydrogens (tertiary/aromatic N) is 4. The minimum absolute atomic E-state index is 0.114. The topological polar surface area (TPSA) is 89.3 Å². The number of ether oxygens (including phenoxy) is 1. The largest absolute Gasteiger partial charge is 0.495 e. The second-order valence-electron chi connectivity index (χ2n) is 6.57. The number of anilines is 2. The molecule has 0 unspecified atom stereocenters. The van der Waals surface area contributed by atoms with Crippen LogP contribution in [0.1, 0.15) is 6.42 Å². The number of hydrogen-bond acceptors (Lipinski definition) is 5. The molecule has 1 saturated heterocycles. The number of methoxy groups -OCH3 is 1. The van der Waals surface area contributed by atoms with E-state index in [-0.39, 0.29) is 24.8 Å². The first kappa shape index (κ1) is 18.9. The van der Waals surface area contributed by atoms with Gasteiger partial charge >= 0.3 is 0 Å². The predicted octanol–water partition coefficient (Wildman–Crippen LogP) is 2.92. The van der Waals surface area contributed by atoms with Gasteiger partial charge in [-0.05, 0) is 30.3 Å². The van der Waals surface area contributed by atoms with Gasteiger partial charge in [-0.25, -0.2) is 9.67 Å². The number of carbonyl (C=O) groups excluding carboxylic acids is 2. The monoisotopic (exact) mass is 411 g/mol. The van der Waals surface area contributed by atoms with Gasteiger partial charge in [0.15, 0.2) is 0 Å². The zero-order valence-electron chi connectivity index (χ0n) is 15.6. The highest BCUT2D eigenvalue weighted by Crippen LogP contribution is 2.33. The number of aromatic nitrogens is 3. The lowest BCUT2D eigenvalue weighted by Gasteiger charge is -2.19. The number of para-hydroxylation sites is 2. The molecule has 29 heavy (non-hydrogen) atoms. The molecule has 1 aliphatic rings. The lowest BCUT2D eigenvalue weighted by atomic mass is 10.1. The molecule has 1 fully saturated rings. The highest BCUT2D eigenvalue weighted by atomic mass is 35.5. The normalized spacial score (nSPS) is 16.1. The maximum absolute atomic E-state index is 12.9. The zero-order valence-corrected chi connectivity index (χ0v) is 16.3. The van der Waals surface area contributed by atoms with Crippen LogP contribution in [0.2, 0.25) is 5.02 Å². The standard InChI is InChI=1S/C20H18ClN5O3/c1-29-18-5-3-2-4-17(18)25-10-13(8-19(25)27)20(28)24-15-9-14(21)6-7-16(15)26-12-22-11-23-26/h2-7,9,11-13H,8,10H2,1H3,(H,24,28)/t13-/m1/s1. The summed E-state index contributed by atoms with van der Waals surface area (Å²) in [6.45, 7) is 0.268. The molecule has 2 amide bonds. The van der Waals surface area contributed by atoms with Crippen LogP contribution in [-0.4, -0.2) is 40.2 Å². The lowest BCUT2D eigenvalue weighted by molar-refractivity contribution is -0.122. The first-order chi connectivity index (χ1) is 14.1. The highest BCUT2D eigenvalue weighted by molar-refractivity contribution is 6.31. The number of nitrogens with one attached hydrogen (secondary N) is 1. The van der Waals surface area contributed by atoms with Crippen molar-refractivity contribution in [2.75, 3.05) is 23.9 Å². The first-order valence-corrected chi connectivity index (χ1v) is 9.33. The molecule has 3 aromatic rings. The van der Waals surface area contributed by atoms with Crippen LogP contribution in [0.5, 0.6) is 5.75 Å². The molecule has 2 heterocycles. The maximum Gasteiger partial charge on any atom is 0.229 e. The Bertz CT molecular complexity index is 1050. The van der Waals surface area contributed by atoms with Gasteiger partial charge in [0.2, 0.25) is 11.8 Å². The Morgan fingerprint density at radius 1 is 1.24 bits per heavy atom. The molecule has 9 heteroatoms. The summed E-state index contributed by atoms with van der Waals surface area (Å²) in [6.07, 6.45) is 3.05. The van der Waals surface area contributed by atoms with Crippen molar-refractivity contribution in [3.63, 3.8) is 0 Å². The van der Waals surface area contributed by atoms with Gasteiger partial charge in [0.05, 0.1) is 30.1 Å². The summed E-state index contributed by atoms with van der Waals surface area (Å²) in [5.41, 5.74) is 1.78. The molecular formula is C20H18ClN5O3. The Morgan fingerprint density at radius 2 is 2.07 bits per heavy atom. The summed E-state index contributed by atoms with van der Waals surface area (Å²) in [7, 11) is 1.55. The van der Waals surface area contributed by atoms with Crippen LogP contribution >= 0.6 is 11.6 Å². The Hall–Kier alpha value is -3.39. The van der Waals surface area contributed by atoms with E-state index in [0.717, 1.165) is 0 Å².